The lowest BCUT2D eigenvalue weighted by atomic mass is 10.2. The molecule has 21 heavy (non-hydrogen) atoms. The number of carbonyl (C=O) groups excluding carboxylic acids is 1. The summed E-state index contributed by atoms with van der Waals surface area (Å²) in [4.78, 5) is 20.6. The number of aryl methyl sites for hydroxylation is 1. The molecule has 6 heteroatoms. The smallest absolute Gasteiger partial charge is 0.252 e. The lowest BCUT2D eigenvalue weighted by molar-refractivity contribution is 0.0954. The summed E-state index contributed by atoms with van der Waals surface area (Å²) in [6.45, 7) is 5.53. The van der Waals surface area contributed by atoms with Gasteiger partial charge in [-0.15, -0.1) is 11.3 Å². The summed E-state index contributed by atoms with van der Waals surface area (Å²) in [7, 11) is 0. The average molecular weight is 304 g/mol. The first-order valence-electron chi connectivity index (χ1n) is 7.08. The van der Waals surface area contributed by atoms with Gasteiger partial charge in [0.15, 0.2) is 0 Å². The highest BCUT2D eigenvalue weighted by atomic mass is 32.1. The number of hydrogen-bond acceptors (Lipinski definition) is 5. The predicted molar refractivity (Wildman–Crippen MR) is 85.9 cm³/mol. The molecule has 112 valence electrons. The molecule has 2 N–H and O–H groups in total. The van der Waals surface area contributed by atoms with Crippen LogP contribution >= 0.6 is 11.3 Å². The van der Waals surface area contributed by atoms with E-state index in [0.717, 1.165) is 35.9 Å². The van der Waals surface area contributed by atoms with Crippen molar-refractivity contribution in [1.82, 2.24) is 15.3 Å². The summed E-state index contributed by atoms with van der Waals surface area (Å²) in [5.74, 6) is 0.699. The molecule has 2 aromatic heterocycles. The molecule has 0 aromatic carbocycles. The van der Waals surface area contributed by atoms with Crippen LogP contribution in [0.5, 0.6) is 0 Å². The first kappa shape index (κ1) is 15.4. The van der Waals surface area contributed by atoms with Crippen LogP contribution in [0.25, 0.3) is 0 Å². The molecule has 0 fully saturated rings. The number of thiazole rings is 1. The molecule has 0 radical (unpaired) electrons. The number of rotatable bonds is 7. The number of hydrogen-bond donors (Lipinski definition) is 2. The van der Waals surface area contributed by atoms with E-state index in [1.165, 1.54) is 0 Å². The quantitative estimate of drug-likeness (QED) is 0.825. The molecule has 1 amide bonds. The number of anilines is 1. The normalized spacial score (nSPS) is 10.4. The largest absolute Gasteiger partial charge is 0.370 e. The Labute approximate surface area is 128 Å². The summed E-state index contributed by atoms with van der Waals surface area (Å²) in [6, 6.07) is 3.61. The monoisotopic (exact) mass is 304 g/mol. The van der Waals surface area contributed by atoms with E-state index in [1.54, 1.807) is 23.6 Å². The maximum absolute atomic E-state index is 12.0. The van der Waals surface area contributed by atoms with Crippen LogP contribution in [0.3, 0.4) is 0 Å². The second-order valence-corrected chi connectivity index (χ2v) is 5.69. The molecule has 0 aliphatic rings. The molecule has 0 aliphatic heterocycles. The fraction of sp³-hybridized carbons (Fsp3) is 0.400. The van der Waals surface area contributed by atoms with E-state index in [-0.39, 0.29) is 5.91 Å². The molecule has 0 spiro atoms. The summed E-state index contributed by atoms with van der Waals surface area (Å²) >= 11 is 1.62. The van der Waals surface area contributed by atoms with Gasteiger partial charge in [-0.05, 0) is 25.5 Å². The second kappa shape index (κ2) is 7.73. The summed E-state index contributed by atoms with van der Waals surface area (Å²) in [6.07, 6.45) is 3.40. The van der Waals surface area contributed by atoms with Crippen molar-refractivity contribution in [2.45, 2.75) is 26.7 Å². The van der Waals surface area contributed by atoms with Gasteiger partial charge in [-0.25, -0.2) is 9.97 Å². The maximum atomic E-state index is 12.0. The molecule has 0 unspecified atom stereocenters. The first-order valence-corrected chi connectivity index (χ1v) is 7.96. The van der Waals surface area contributed by atoms with E-state index in [0.29, 0.717) is 12.1 Å². The minimum Gasteiger partial charge on any atom is -0.370 e. The van der Waals surface area contributed by atoms with Crippen LogP contribution in [0.15, 0.2) is 23.7 Å². The van der Waals surface area contributed by atoms with Gasteiger partial charge in [0.05, 0.1) is 10.6 Å². The topological polar surface area (TPSA) is 66.9 Å². The number of nitrogens with zero attached hydrogens (tertiary/aromatic N) is 2. The van der Waals surface area contributed by atoms with E-state index in [2.05, 4.69) is 27.5 Å². The average Bonchev–Trinajstić information content (AvgIpc) is 2.91. The number of carbonyl (C=O) groups is 1. The zero-order valence-electron chi connectivity index (χ0n) is 12.3. The molecule has 0 saturated carbocycles. The minimum absolute atomic E-state index is 0.0992. The van der Waals surface area contributed by atoms with Crippen molar-refractivity contribution in [3.05, 3.63) is 40.0 Å². The molecule has 2 heterocycles. The van der Waals surface area contributed by atoms with E-state index in [4.69, 9.17) is 0 Å². The van der Waals surface area contributed by atoms with Gasteiger partial charge in [-0.3, -0.25) is 4.79 Å². The van der Waals surface area contributed by atoms with Crippen molar-refractivity contribution in [3.8, 4) is 0 Å². The van der Waals surface area contributed by atoms with Crippen LogP contribution < -0.4 is 10.6 Å². The minimum atomic E-state index is -0.0992. The van der Waals surface area contributed by atoms with Gasteiger partial charge < -0.3 is 10.6 Å². The number of nitrogens with one attached hydrogen (secondary N) is 2. The van der Waals surface area contributed by atoms with Crippen LogP contribution in [-0.2, 0) is 6.42 Å². The van der Waals surface area contributed by atoms with E-state index in [9.17, 15) is 4.79 Å². The third-order valence-electron chi connectivity index (χ3n) is 2.87. The third kappa shape index (κ3) is 4.82. The van der Waals surface area contributed by atoms with Gasteiger partial charge in [-0.2, -0.15) is 0 Å². The fourth-order valence-corrected chi connectivity index (χ4v) is 2.56. The van der Waals surface area contributed by atoms with Crippen molar-refractivity contribution in [1.29, 1.82) is 0 Å². The summed E-state index contributed by atoms with van der Waals surface area (Å²) in [5, 5.41) is 9.13. The fourth-order valence-electron chi connectivity index (χ4n) is 1.79. The maximum Gasteiger partial charge on any atom is 0.252 e. The predicted octanol–water partition coefficient (Wildman–Crippen LogP) is 2.64. The number of pyridine rings is 1. The highest BCUT2D eigenvalue weighted by Gasteiger charge is 2.06. The molecule has 0 atom stereocenters. The first-order chi connectivity index (χ1) is 10.2. The van der Waals surface area contributed by atoms with Crippen LogP contribution in [0.2, 0.25) is 0 Å². The lowest BCUT2D eigenvalue weighted by Gasteiger charge is -2.06. The van der Waals surface area contributed by atoms with Crippen molar-refractivity contribution in [2.24, 2.45) is 0 Å². The standard InChI is InChI=1S/C15H20N4OS/c1-3-7-16-13-5-4-12(9-18-13)15(20)17-8-6-14-19-11(2)10-21-14/h4-5,9-10H,3,6-8H2,1-2H3,(H,16,18)(H,17,20). The van der Waals surface area contributed by atoms with Gasteiger partial charge in [0.25, 0.3) is 5.91 Å². The zero-order valence-corrected chi connectivity index (χ0v) is 13.2. The zero-order chi connectivity index (χ0) is 15.1. The Hall–Kier alpha value is -1.95. The number of amides is 1. The van der Waals surface area contributed by atoms with Crippen LogP contribution in [0, 0.1) is 6.92 Å². The Bertz CT molecular complexity index is 580. The van der Waals surface area contributed by atoms with Gasteiger partial charge in [0.1, 0.15) is 5.82 Å². The molecule has 5 nitrogen and oxygen atoms in total. The molecule has 2 rings (SSSR count). The Morgan fingerprint density at radius 2 is 2.19 bits per heavy atom. The van der Waals surface area contributed by atoms with Gasteiger partial charge >= 0.3 is 0 Å². The van der Waals surface area contributed by atoms with Gasteiger partial charge in [0, 0.05) is 36.8 Å². The summed E-state index contributed by atoms with van der Waals surface area (Å²) in [5.41, 5.74) is 1.60. The Morgan fingerprint density at radius 3 is 2.81 bits per heavy atom. The van der Waals surface area contributed by atoms with Crippen molar-refractivity contribution in [2.75, 3.05) is 18.4 Å². The van der Waals surface area contributed by atoms with E-state index >= 15 is 0 Å². The van der Waals surface area contributed by atoms with E-state index < -0.39 is 0 Å². The summed E-state index contributed by atoms with van der Waals surface area (Å²) < 4.78 is 0. The van der Waals surface area contributed by atoms with Crippen molar-refractivity contribution < 1.29 is 4.79 Å². The lowest BCUT2D eigenvalue weighted by Crippen LogP contribution is -2.25. The van der Waals surface area contributed by atoms with E-state index in [1.807, 2.05) is 18.4 Å². The molecule has 0 saturated heterocycles. The molecular formula is C15H20N4OS. The molecular weight excluding hydrogens is 284 g/mol. The Kier molecular flexibility index (Phi) is 5.68. The number of aromatic nitrogens is 2. The van der Waals surface area contributed by atoms with Crippen molar-refractivity contribution in [3.63, 3.8) is 0 Å². The Morgan fingerprint density at radius 1 is 1.33 bits per heavy atom. The highest BCUT2D eigenvalue weighted by Crippen LogP contribution is 2.09. The Balaban J connectivity index is 1.79. The highest BCUT2D eigenvalue weighted by molar-refractivity contribution is 7.09. The van der Waals surface area contributed by atoms with Gasteiger partial charge in [-0.1, -0.05) is 6.92 Å². The second-order valence-electron chi connectivity index (χ2n) is 4.75. The molecule has 2 aromatic rings. The molecule has 0 bridgehead atoms. The van der Waals surface area contributed by atoms with Crippen LogP contribution in [0.4, 0.5) is 5.82 Å². The third-order valence-corrected chi connectivity index (χ3v) is 3.90. The molecule has 0 aliphatic carbocycles. The van der Waals surface area contributed by atoms with Crippen LogP contribution in [-0.4, -0.2) is 29.0 Å². The van der Waals surface area contributed by atoms with Crippen molar-refractivity contribution >= 4 is 23.1 Å². The SMILES string of the molecule is CCCNc1ccc(C(=O)NCCc2nc(C)cs2)cn1. The van der Waals surface area contributed by atoms with Gasteiger partial charge in [0.2, 0.25) is 0 Å². The van der Waals surface area contributed by atoms with Crippen LogP contribution in [0.1, 0.15) is 34.4 Å².